The lowest BCUT2D eigenvalue weighted by Gasteiger charge is -2.34. The van der Waals surface area contributed by atoms with Crippen molar-refractivity contribution >= 4 is 21.8 Å². The number of halogens is 2. The largest absolute Gasteiger partial charge is 0.497 e. The van der Waals surface area contributed by atoms with E-state index in [0.29, 0.717) is 11.8 Å². The Kier molecular flexibility index (Phi) is 7.41. The van der Waals surface area contributed by atoms with Crippen molar-refractivity contribution in [3.8, 4) is 5.75 Å². The Morgan fingerprint density at radius 2 is 1.69 bits per heavy atom. The Bertz CT molecular complexity index is 1090. The van der Waals surface area contributed by atoms with E-state index in [4.69, 9.17) is 4.74 Å². The number of nitrogens with zero attached hydrogens (tertiary/aromatic N) is 2. The molecule has 0 unspecified atom stereocenters. The smallest absolute Gasteiger partial charge is 0.254 e. The summed E-state index contributed by atoms with van der Waals surface area (Å²) in [6.07, 6.45) is -0.0280. The number of hydrogen-bond donors (Lipinski definition) is 1. The number of rotatable bonds is 7. The van der Waals surface area contributed by atoms with Crippen LogP contribution in [0.25, 0.3) is 0 Å². The first-order chi connectivity index (χ1) is 15.2. The molecule has 2 aromatic carbocycles. The molecule has 11 heteroatoms. The molecule has 172 valence electrons. The minimum atomic E-state index is -3.68. The van der Waals surface area contributed by atoms with Gasteiger partial charge in [-0.2, -0.15) is 4.31 Å². The van der Waals surface area contributed by atoms with Crippen LogP contribution in [0.4, 0.5) is 8.78 Å². The zero-order chi connectivity index (χ0) is 23.3. The maximum atomic E-state index is 13.6. The van der Waals surface area contributed by atoms with Gasteiger partial charge < -0.3 is 15.0 Å². The van der Waals surface area contributed by atoms with Crippen LogP contribution in [0.2, 0.25) is 0 Å². The number of hydrogen-bond acceptors (Lipinski definition) is 5. The number of sulfonamides is 1. The van der Waals surface area contributed by atoms with E-state index in [9.17, 15) is 26.8 Å². The van der Waals surface area contributed by atoms with Gasteiger partial charge in [0, 0.05) is 45.2 Å². The molecule has 1 fully saturated rings. The molecule has 1 aliphatic rings. The highest BCUT2D eigenvalue weighted by atomic mass is 32.2. The molecule has 1 N–H and O–H groups in total. The fraction of sp³-hybridized carbons (Fsp3) is 0.333. The van der Waals surface area contributed by atoms with E-state index in [1.165, 1.54) is 28.4 Å². The van der Waals surface area contributed by atoms with Crippen molar-refractivity contribution in [3.63, 3.8) is 0 Å². The molecule has 1 aliphatic heterocycles. The highest BCUT2D eigenvalue weighted by Crippen LogP contribution is 2.21. The van der Waals surface area contributed by atoms with Crippen LogP contribution in [0, 0.1) is 11.6 Å². The molecule has 0 atom stereocenters. The number of methoxy groups -OCH3 is 1. The minimum absolute atomic E-state index is 0.0280. The van der Waals surface area contributed by atoms with Crippen LogP contribution < -0.4 is 10.1 Å². The Labute approximate surface area is 184 Å². The van der Waals surface area contributed by atoms with E-state index >= 15 is 0 Å². The van der Waals surface area contributed by atoms with Gasteiger partial charge in [-0.3, -0.25) is 9.59 Å². The molecule has 32 heavy (non-hydrogen) atoms. The molecular formula is C21H23F2N3O5S. The number of carbonyl (C=O) groups is 2. The van der Waals surface area contributed by atoms with E-state index in [2.05, 4.69) is 5.32 Å². The molecule has 0 radical (unpaired) electrons. The minimum Gasteiger partial charge on any atom is -0.497 e. The van der Waals surface area contributed by atoms with Gasteiger partial charge in [-0.1, -0.05) is 0 Å². The molecule has 1 heterocycles. The van der Waals surface area contributed by atoms with Crippen molar-refractivity contribution in [2.45, 2.75) is 11.3 Å². The van der Waals surface area contributed by atoms with Crippen LogP contribution in [-0.4, -0.2) is 69.3 Å². The topological polar surface area (TPSA) is 96.0 Å². The summed E-state index contributed by atoms with van der Waals surface area (Å²) in [7, 11) is -2.19. The van der Waals surface area contributed by atoms with Crippen molar-refractivity contribution in [1.29, 1.82) is 0 Å². The first-order valence-corrected chi connectivity index (χ1v) is 11.3. The summed E-state index contributed by atoms with van der Waals surface area (Å²) in [5, 5.41) is 2.43. The summed E-state index contributed by atoms with van der Waals surface area (Å²) in [6, 6.07) is 8.70. The van der Waals surface area contributed by atoms with Crippen LogP contribution in [-0.2, 0) is 14.8 Å². The summed E-state index contributed by atoms with van der Waals surface area (Å²) in [6.45, 7) is 0.697. The number of piperazine rings is 1. The van der Waals surface area contributed by atoms with Crippen molar-refractivity contribution in [1.82, 2.24) is 14.5 Å². The van der Waals surface area contributed by atoms with Gasteiger partial charge in [-0.15, -0.1) is 0 Å². The second-order valence-electron chi connectivity index (χ2n) is 7.09. The highest BCUT2D eigenvalue weighted by Gasteiger charge is 2.30. The van der Waals surface area contributed by atoms with Crippen LogP contribution >= 0.6 is 0 Å². The molecule has 3 rings (SSSR count). The fourth-order valence-corrected chi connectivity index (χ4v) is 4.71. The quantitative estimate of drug-likeness (QED) is 0.668. The molecule has 2 aromatic rings. The fourth-order valence-electron chi connectivity index (χ4n) is 3.28. The van der Waals surface area contributed by atoms with Crippen LogP contribution in [0.5, 0.6) is 5.75 Å². The monoisotopic (exact) mass is 467 g/mol. The maximum Gasteiger partial charge on any atom is 0.254 e. The lowest BCUT2D eigenvalue weighted by Crippen LogP contribution is -2.50. The van der Waals surface area contributed by atoms with E-state index in [1.54, 1.807) is 12.1 Å². The molecule has 2 amide bonds. The van der Waals surface area contributed by atoms with Crippen LogP contribution in [0.15, 0.2) is 47.4 Å². The molecular weight excluding hydrogens is 444 g/mol. The number of benzene rings is 2. The van der Waals surface area contributed by atoms with Gasteiger partial charge in [-0.25, -0.2) is 17.2 Å². The first-order valence-electron chi connectivity index (χ1n) is 9.87. The van der Waals surface area contributed by atoms with Crippen LogP contribution in [0.1, 0.15) is 16.8 Å². The molecule has 0 aromatic heterocycles. The summed E-state index contributed by atoms with van der Waals surface area (Å²) in [5.41, 5.74) is -0.309. The van der Waals surface area contributed by atoms with E-state index < -0.39 is 27.6 Å². The number of nitrogens with one attached hydrogen (secondary N) is 1. The number of carbonyl (C=O) groups excluding carboxylic acids is 2. The van der Waals surface area contributed by atoms with Crippen molar-refractivity contribution < 1.29 is 31.5 Å². The van der Waals surface area contributed by atoms with Crippen molar-refractivity contribution in [3.05, 3.63) is 59.7 Å². The van der Waals surface area contributed by atoms with Crippen LogP contribution in [0.3, 0.4) is 0 Å². The summed E-state index contributed by atoms with van der Waals surface area (Å²) in [4.78, 5) is 26.0. The molecule has 0 spiro atoms. The maximum absolute atomic E-state index is 13.6. The zero-order valence-electron chi connectivity index (χ0n) is 17.4. The van der Waals surface area contributed by atoms with Gasteiger partial charge in [0.15, 0.2) is 0 Å². The third-order valence-electron chi connectivity index (χ3n) is 5.09. The van der Waals surface area contributed by atoms with E-state index in [0.717, 1.165) is 12.1 Å². The lowest BCUT2D eigenvalue weighted by atomic mass is 10.2. The SMILES string of the molecule is COc1ccc(S(=O)(=O)N2CCN(C(=O)CCNC(=O)c3ccc(F)cc3F)CC2)cc1. The average Bonchev–Trinajstić information content (AvgIpc) is 2.79. The van der Waals surface area contributed by atoms with Gasteiger partial charge in [-0.05, 0) is 36.4 Å². The zero-order valence-corrected chi connectivity index (χ0v) is 18.2. The van der Waals surface area contributed by atoms with Crippen molar-refractivity contribution in [2.24, 2.45) is 0 Å². The molecule has 0 aliphatic carbocycles. The summed E-state index contributed by atoms with van der Waals surface area (Å²) >= 11 is 0. The third-order valence-corrected chi connectivity index (χ3v) is 7.00. The first kappa shape index (κ1) is 23.6. The normalized spacial score (nSPS) is 14.8. The van der Waals surface area contributed by atoms with Gasteiger partial charge >= 0.3 is 0 Å². The Hall–Kier alpha value is -3.05. The predicted molar refractivity (Wildman–Crippen MR) is 112 cm³/mol. The molecule has 8 nitrogen and oxygen atoms in total. The Morgan fingerprint density at radius 3 is 2.28 bits per heavy atom. The van der Waals surface area contributed by atoms with Gasteiger partial charge in [0.25, 0.3) is 5.91 Å². The second kappa shape index (κ2) is 10.0. The highest BCUT2D eigenvalue weighted by molar-refractivity contribution is 7.89. The third kappa shape index (κ3) is 5.40. The van der Waals surface area contributed by atoms with Gasteiger partial charge in [0.2, 0.25) is 15.9 Å². The number of ether oxygens (including phenoxy) is 1. The molecule has 0 bridgehead atoms. The second-order valence-corrected chi connectivity index (χ2v) is 9.03. The Balaban J connectivity index is 1.48. The molecule has 1 saturated heterocycles. The Morgan fingerprint density at radius 1 is 1.03 bits per heavy atom. The van der Waals surface area contributed by atoms with E-state index in [-0.39, 0.29) is 55.5 Å². The van der Waals surface area contributed by atoms with Crippen molar-refractivity contribution in [2.75, 3.05) is 39.8 Å². The van der Waals surface area contributed by atoms with Gasteiger partial charge in [0.05, 0.1) is 17.6 Å². The summed E-state index contributed by atoms with van der Waals surface area (Å²) in [5.74, 6) is -2.23. The molecule has 0 saturated carbocycles. The lowest BCUT2D eigenvalue weighted by molar-refractivity contribution is -0.132. The summed E-state index contributed by atoms with van der Waals surface area (Å²) < 4.78 is 58.5. The standard InChI is InChI=1S/C21H23F2N3O5S/c1-31-16-3-5-17(6-4-16)32(29,30)26-12-10-25(11-13-26)20(27)8-9-24-21(28)18-7-2-15(22)14-19(18)23/h2-7,14H,8-13H2,1H3,(H,24,28). The van der Waals surface area contributed by atoms with E-state index in [1.807, 2.05) is 0 Å². The van der Waals surface area contributed by atoms with Gasteiger partial charge in [0.1, 0.15) is 17.4 Å². The average molecular weight is 467 g/mol. The number of amides is 2. The predicted octanol–water partition coefficient (Wildman–Crippen LogP) is 1.63.